The van der Waals surface area contributed by atoms with Crippen LogP contribution in [0.5, 0.6) is 0 Å². The average Bonchev–Trinajstić information content (AvgIpc) is 3.09. The molecule has 0 unspecified atom stereocenters. The Labute approximate surface area is 276 Å². The van der Waals surface area contributed by atoms with E-state index in [2.05, 4.69) is 5.32 Å². The summed E-state index contributed by atoms with van der Waals surface area (Å²) in [7, 11) is 0. The quantitative estimate of drug-likeness (QED) is 0.0753. The van der Waals surface area contributed by atoms with E-state index >= 15 is 0 Å². The molecule has 6 aromatic rings. The van der Waals surface area contributed by atoms with Crippen LogP contribution in [0.15, 0.2) is 84.9 Å². The summed E-state index contributed by atoms with van der Waals surface area (Å²) in [5, 5.41) is 10.1. The number of nitrogens with one attached hydrogen (secondary N) is 1. The van der Waals surface area contributed by atoms with Gasteiger partial charge in [0.15, 0.2) is 0 Å². The van der Waals surface area contributed by atoms with Crippen LogP contribution in [0, 0.1) is 0 Å². The number of nitrogen functional groups attached to an aromatic ring is 2. The molecule has 0 saturated heterocycles. The van der Waals surface area contributed by atoms with E-state index in [1.165, 1.54) is 9.80 Å². The monoisotopic (exact) mass is 635 g/mol. The summed E-state index contributed by atoms with van der Waals surface area (Å²) < 4.78 is 0. The zero-order chi connectivity index (χ0) is 33.1. The Morgan fingerprint density at radius 3 is 1.40 bits per heavy atom. The lowest BCUT2D eigenvalue weighted by molar-refractivity contribution is 0.0591. The number of nitrogens with two attached hydrogens (primary N) is 2. The molecule has 9 heteroatoms. The summed E-state index contributed by atoms with van der Waals surface area (Å²) in [6, 6.07) is 26.3. The molecule has 0 radical (unpaired) electrons. The first kappa shape index (κ1) is 29.6. The van der Waals surface area contributed by atoms with Crippen molar-refractivity contribution in [3.8, 4) is 0 Å². The third-order valence-corrected chi connectivity index (χ3v) is 9.58. The molecule has 0 aromatic heterocycles. The molecule has 48 heavy (non-hydrogen) atoms. The van der Waals surface area contributed by atoms with Crippen LogP contribution in [0.2, 0.25) is 0 Å². The Bertz CT molecular complexity index is 2220. The minimum Gasteiger partial charge on any atom is -0.399 e. The van der Waals surface area contributed by atoms with E-state index in [0.717, 1.165) is 38.7 Å². The van der Waals surface area contributed by atoms with E-state index in [0.29, 0.717) is 76.9 Å². The standard InChI is InChI=1S/C39H33N5O4/c40-24-18-28-26-10-3-1-8-22(26)16-30-34(28)32(20-24)38(47)43(36(30)45)14-6-5-12-42-13-7-15-44-37(46)31-17-23-9-2-4-11-27(23)29-19-25(41)21-33(35(29)31)39(44)48/h1-4,8-11,16-21,42H,5-7,12-15,40-41H2. The van der Waals surface area contributed by atoms with Crippen LogP contribution in [-0.2, 0) is 0 Å². The molecule has 0 aliphatic carbocycles. The maximum absolute atomic E-state index is 13.6. The molecule has 0 fully saturated rings. The second-order valence-corrected chi connectivity index (χ2v) is 12.6. The van der Waals surface area contributed by atoms with Gasteiger partial charge >= 0.3 is 0 Å². The lowest BCUT2D eigenvalue weighted by Crippen LogP contribution is -2.42. The van der Waals surface area contributed by atoms with E-state index < -0.39 is 0 Å². The zero-order valence-electron chi connectivity index (χ0n) is 26.2. The Morgan fingerprint density at radius 1 is 0.479 bits per heavy atom. The summed E-state index contributed by atoms with van der Waals surface area (Å²) in [6.07, 6.45) is 1.93. The van der Waals surface area contributed by atoms with Crippen molar-refractivity contribution in [3.63, 3.8) is 0 Å². The lowest BCUT2D eigenvalue weighted by Gasteiger charge is -2.28. The molecule has 0 spiro atoms. The number of amides is 4. The predicted molar refractivity (Wildman–Crippen MR) is 189 cm³/mol. The number of hydrogen-bond donors (Lipinski definition) is 3. The normalized spacial score (nSPS) is 14.3. The van der Waals surface area contributed by atoms with Gasteiger partial charge in [-0.1, -0.05) is 48.5 Å². The zero-order valence-corrected chi connectivity index (χ0v) is 26.2. The molecule has 0 atom stereocenters. The van der Waals surface area contributed by atoms with Crippen LogP contribution >= 0.6 is 0 Å². The lowest BCUT2D eigenvalue weighted by atomic mass is 9.89. The maximum atomic E-state index is 13.6. The molecule has 8 rings (SSSR count). The molecule has 6 aromatic carbocycles. The van der Waals surface area contributed by atoms with Crippen molar-refractivity contribution in [2.24, 2.45) is 0 Å². The van der Waals surface area contributed by atoms with Crippen LogP contribution in [0.1, 0.15) is 60.7 Å². The summed E-state index contributed by atoms with van der Waals surface area (Å²) in [4.78, 5) is 56.7. The summed E-state index contributed by atoms with van der Waals surface area (Å²) >= 11 is 0. The first-order chi connectivity index (χ1) is 23.3. The molecule has 2 aliphatic heterocycles. The van der Waals surface area contributed by atoms with Crippen molar-refractivity contribution in [1.29, 1.82) is 0 Å². The van der Waals surface area contributed by atoms with Gasteiger partial charge in [0, 0.05) is 46.4 Å². The molecule has 0 bridgehead atoms. The number of benzene rings is 6. The van der Waals surface area contributed by atoms with E-state index in [1.54, 1.807) is 12.1 Å². The number of hydrogen-bond acceptors (Lipinski definition) is 7. The molecule has 5 N–H and O–H groups in total. The number of carbonyl (C=O) groups excluding carboxylic acids is 4. The summed E-state index contributed by atoms with van der Waals surface area (Å²) in [5.74, 6) is -1.24. The Hall–Kier alpha value is -5.80. The SMILES string of the molecule is Nc1cc2c3c(cc4ccccc4c3c1)C(=O)N(CCCCNCCCN1C(=O)c3cc(N)cc4c3c(cc3ccccc34)C1=O)C2=O. The van der Waals surface area contributed by atoms with Gasteiger partial charge in [0.1, 0.15) is 0 Å². The van der Waals surface area contributed by atoms with Gasteiger partial charge in [0.2, 0.25) is 0 Å². The third kappa shape index (κ3) is 4.65. The van der Waals surface area contributed by atoms with E-state index in [4.69, 9.17) is 11.5 Å². The summed E-state index contributed by atoms with van der Waals surface area (Å²) in [5.41, 5.74) is 15.3. The van der Waals surface area contributed by atoms with Crippen molar-refractivity contribution < 1.29 is 19.2 Å². The number of rotatable bonds is 9. The van der Waals surface area contributed by atoms with Gasteiger partial charge < -0.3 is 16.8 Å². The largest absolute Gasteiger partial charge is 0.399 e. The molecule has 2 aliphatic rings. The highest BCUT2D eigenvalue weighted by Gasteiger charge is 2.35. The topological polar surface area (TPSA) is 139 Å². The fourth-order valence-electron chi connectivity index (χ4n) is 7.38. The predicted octanol–water partition coefficient (Wildman–Crippen LogP) is 6.12. The Kier molecular flexibility index (Phi) is 7.07. The van der Waals surface area contributed by atoms with Gasteiger partial charge in [-0.15, -0.1) is 0 Å². The molecule has 0 saturated carbocycles. The van der Waals surface area contributed by atoms with Gasteiger partial charge in [-0.25, -0.2) is 0 Å². The van der Waals surface area contributed by atoms with Crippen molar-refractivity contribution >= 4 is 78.1 Å². The van der Waals surface area contributed by atoms with E-state index in [-0.39, 0.29) is 30.2 Å². The first-order valence-electron chi connectivity index (χ1n) is 16.2. The molecule has 9 nitrogen and oxygen atoms in total. The molecule has 4 amide bonds. The van der Waals surface area contributed by atoms with Crippen LogP contribution in [0.4, 0.5) is 11.4 Å². The number of nitrogens with zero attached hydrogens (tertiary/aromatic N) is 2. The first-order valence-corrected chi connectivity index (χ1v) is 16.2. The van der Waals surface area contributed by atoms with Crippen molar-refractivity contribution in [1.82, 2.24) is 15.1 Å². The number of carbonyl (C=O) groups is 4. The van der Waals surface area contributed by atoms with Crippen molar-refractivity contribution in [3.05, 3.63) is 107 Å². The van der Waals surface area contributed by atoms with Crippen LogP contribution < -0.4 is 16.8 Å². The smallest absolute Gasteiger partial charge is 0.261 e. The maximum Gasteiger partial charge on any atom is 0.261 e. The molecular weight excluding hydrogens is 602 g/mol. The van der Waals surface area contributed by atoms with Crippen LogP contribution in [0.3, 0.4) is 0 Å². The van der Waals surface area contributed by atoms with Crippen LogP contribution in [0.25, 0.3) is 43.1 Å². The number of unbranched alkanes of at least 4 members (excludes halogenated alkanes) is 1. The van der Waals surface area contributed by atoms with Crippen LogP contribution in [-0.4, -0.2) is 59.6 Å². The Balaban J connectivity index is 0.881. The van der Waals surface area contributed by atoms with Crippen molar-refractivity contribution in [2.45, 2.75) is 19.3 Å². The fraction of sp³-hybridized carbons (Fsp3) is 0.179. The van der Waals surface area contributed by atoms with Gasteiger partial charge in [-0.05, 0) is 101 Å². The van der Waals surface area contributed by atoms with Gasteiger partial charge in [-0.3, -0.25) is 29.0 Å². The highest BCUT2D eigenvalue weighted by atomic mass is 16.2. The molecule has 238 valence electrons. The Morgan fingerprint density at radius 2 is 0.896 bits per heavy atom. The highest BCUT2D eigenvalue weighted by Crippen LogP contribution is 2.38. The second-order valence-electron chi connectivity index (χ2n) is 12.6. The molecular formula is C39H33N5O4. The fourth-order valence-corrected chi connectivity index (χ4v) is 7.38. The van der Waals surface area contributed by atoms with Crippen molar-refractivity contribution in [2.75, 3.05) is 37.6 Å². The number of anilines is 2. The van der Waals surface area contributed by atoms with Gasteiger partial charge in [-0.2, -0.15) is 0 Å². The molecule has 2 heterocycles. The average molecular weight is 636 g/mol. The minimum absolute atomic E-state index is 0.271. The number of imide groups is 2. The second kappa shape index (κ2) is 11.5. The highest BCUT2D eigenvalue weighted by molar-refractivity contribution is 6.31. The van der Waals surface area contributed by atoms with Gasteiger partial charge in [0.25, 0.3) is 23.6 Å². The third-order valence-electron chi connectivity index (χ3n) is 9.58. The van der Waals surface area contributed by atoms with Gasteiger partial charge in [0.05, 0.1) is 11.1 Å². The minimum atomic E-state index is -0.331. The summed E-state index contributed by atoms with van der Waals surface area (Å²) in [6.45, 7) is 1.82. The van der Waals surface area contributed by atoms with E-state index in [1.807, 2.05) is 72.8 Å². The number of fused-ring (bicyclic) bond motifs is 4. The van der Waals surface area contributed by atoms with E-state index in [9.17, 15) is 19.2 Å².